The Balaban J connectivity index is 0. The van der Waals surface area contributed by atoms with Gasteiger partial charge in [-0.05, 0) is 0 Å². The lowest BCUT2D eigenvalue weighted by molar-refractivity contribution is -0.491. The molecule has 0 aromatic rings. The van der Waals surface area contributed by atoms with Crippen LogP contribution in [0.4, 0.5) is 145 Å². The van der Waals surface area contributed by atoms with Gasteiger partial charge in [-0.25, -0.2) is 0 Å². The van der Waals surface area contributed by atoms with Gasteiger partial charge < -0.3 is 0 Å². The van der Waals surface area contributed by atoms with Gasteiger partial charge in [0.15, 0.2) is 0 Å². The summed E-state index contributed by atoms with van der Waals surface area (Å²) in [5.41, 5.74) is 0. The maximum Gasteiger partial charge on any atom is 0.460 e. The molecule has 0 saturated carbocycles. The van der Waals surface area contributed by atoms with Crippen molar-refractivity contribution in [3.05, 3.63) is 0 Å². The predicted octanol–water partition coefficient (Wildman–Crippen LogP) is 12.5. The van der Waals surface area contributed by atoms with Crippen LogP contribution in [0.15, 0.2) is 0 Å². The Kier molecular flexibility index (Phi) is 13.1. The van der Waals surface area contributed by atoms with Crippen molar-refractivity contribution >= 4 is 0 Å². The summed E-state index contributed by atoms with van der Waals surface area (Å²) in [7, 11) is 0. The molecular formula is C20H11F33. The molecule has 0 aliphatic heterocycles. The molecule has 322 valence electrons. The molecule has 0 unspecified atom stereocenters. The van der Waals surface area contributed by atoms with Crippen LogP contribution >= 0.6 is 0 Å². The molecule has 0 atom stereocenters. The van der Waals surface area contributed by atoms with E-state index in [4.69, 9.17) is 0 Å². The highest BCUT2D eigenvalue weighted by molar-refractivity contribution is 5.22. The van der Waals surface area contributed by atoms with Crippen molar-refractivity contribution in [3.63, 3.8) is 0 Å². The van der Waals surface area contributed by atoms with Crippen LogP contribution in [0.1, 0.15) is 27.2 Å². The summed E-state index contributed by atoms with van der Waals surface area (Å²) in [4.78, 5) is 0. The van der Waals surface area contributed by atoms with Gasteiger partial charge in [0, 0.05) is 6.42 Å². The molecule has 0 bridgehead atoms. The van der Waals surface area contributed by atoms with Gasteiger partial charge in [-0.15, -0.1) is 0 Å². The van der Waals surface area contributed by atoms with E-state index in [1.165, 1.54) is 0 Å². The summed E-state index contributed by atoms with van der Waals surface area (Å²) in [6.07, 6.45) is -11.3. The molecule has 0 aromatic carbocycles. The van der Waals surface area contributed by atoms with Gasteiger partial charge in [-0.1, -0.05) is 20.8 Å². The van der Waals surface area contributed by atoms with Gasteiger partial charge in [-0.2, -0.15) is 145 Å². The van der Waals surface area contributed by atoms with E-state index in [1.807, 2.05) is 13.8 Å². The van der Waals surface area contributed by atoms with E-state index in [-0.39, 0.29) is 0 Å². The predicted molar refractivity (Wildman–Crippen MR) is 102 cm³/mol. The first-order valence-corrected chi connectivity index (χ1v) is 12.0. The van der Waals surface area contributed by atoms with Gasteiger partial charge in [0.05, 0.1) is 0 Å². The van der Waals surface area contributed by atoms with Gasteiger partial charge in [0.2, 0.25) is 0 Å². The molecule has 0 N–H and O–H groups in total. The molecule has 0 saturated heterocycles. The quantitative estimate of drug-likeness (QED) is 0.144. The highest BCUT2D eigenvalue weighted by atomic mass is 19.4. The third kappa shape index (κ3) is 6.14. The lowest BCUT2D eigenvalue weighted by atomic mass is 9.82. The van der Waals surface area contributed by atoms with E-state index in [0.29, 0.717) is 0 Å². The SMILES string of the molecule is CC.CCC(F)(F)C(F)(F)C(F)(F)C(F)(F)C(F)(F)C(F)(F)C(F)(F)C(F)(F)C(F)(F)C(F)(F)C(F)(F)C(F)(F)C(F)(F)C(F)(F)C(F)(F)C(F)(F)F. The Morgan fingerprint density at radius 2 is 0.321 bits per heavy atom. The average Bonchev–Trinajstić information content (AvgIpc) is 2.95. The summed E-state index contributed by atoms with van der Waals surface area (Å²) in [6, 6.07) is 0. The molecular weight excluding hydrogens is 867 g/mol. The minimum Gasteiger partial charge on any atom is -0.200 e. The third-order valence-corrected chi connectivity index (χ3v) is 6.39. The van der Waals surface area contributed by atoms with Crippen LogP contribution < -0.4 is 0 Å². The van der Waals surface area contributed by atoms with Crippen molar-refractivity contribution in [1.29, 1.82) is 0 Å². The summed E-state index contributed by atoms with van der Waals surface area (Å²) in [5.74, 6) is -142. The molecule has 0 aliphatic rings. The van der Waals surface area contributed by atoms with Crippen LogP contribution in [-0.2, 0) is 0 Å². The lowest BCUT2D eigenvalue weighted by Crippen LogP contribution is -2.79. The number of alkyl halides is 33. The molecule has 0 rings (SSSR count). The number of halogens is 33. The largest absolute Gasteiger partial charge is 0.460 e. The molecule has 0 heterocycles. The van der Waals surface area contributed by atoms with Crippen molar-refractivity contribution in [2.45, 2.75) is 122 Å². The molecule has 0 aliphatic carbocycles. The molecule has 0 fully saturated rings. The first-order valence-electron chi connectivity index (χ1n) is 12.0. The van der Waals surface area contributed by atoms with Gasteiger partial charge >= 0.3 is 95.0 Å². The van der Waals surface area contributed by atoms with Gasteiger partial charge in [0.25, 0.3) is 0 Å². The van der Waals surface area contributed by atoms with Crippen molar-refractivity contribution in [1.82, 2.24) is 0 Å². The average molecular weight is 878 g/mol. The third-order valence-electron chi connectivity index (χ3n) is 6.39. The fourth-order valence-electron chi connectivity index (χ4n) is 3.00. The smallest absolute Gasteiger partial charge is 0.200 e. The monoisotopic (exact) mass is 878 g/mol. The van der Waals surface area contributed by atoms with E-state index >= 15 is 0 Å². The van der Waals surface area contributed by atoms with Crippen molar-refractivity contribution in [2.75, 3.05) is 0 Å². The standard InChI is InChI=1S/C18H5F33.C2H6/c1-2-3(19,20)4(21,22)5(23,24)6(25,26)7(27,28)8(29,30)9(31,32)10(33,34)11(35,36)12(37,38)13(39,40)14(41,42)15(43,44)16(45,46)17(47,48)18(49,50)51;1-2/h2H2,1H3;1-2H3. The Morgan fingerprint density at radius 1 is 0.208 bits per heavy atom. The van der Waals surface area contributed by atoms with E-state index in [9.17, 15) is 145 Å². The molecule has 53 heavy (non-hydrogen) atoms. The molecule has 33 heteroatoms. The van der Waals surface area contributed by atoms with Crippen LogP contribution in [0.25, 0.3) is 0 Å². The van der Waals surface area contributed by atoms with Gasteiger partial charge in [0.1, 0.15) is 0 Å². The first kappa shape index (κ1) is 52.8. The second-order valence-corrected chi connectivity index (χ2v) is 9.60. The fraction of sp³-hybridized carbons (Fsp3) is 1.00. The van der Waals surface area contributed by atoms with E-state index in [0.717, 1.165) is 0 Å². The maximum absolute atomic E-state index is 13.8. The highest BCUT2D eigenvalue weighted by Gasteiger charge is 3.01. The summed E-state index contributed by atoms with van der Waals surface area (Å²) < 4.78 is 441. The zero-order valence-electron chi connectivity index (χ0n) is 24.2. The van der Waals surface area contributed by atoms with Crippen LogP contribution in [0.2, 0.25) is 0 Å². The zero-order valence-corrected chi connectivity index (χ0v) is 24.2. The van der Waals surface area contributed by atoms with Crippen LogP contribution in [0.5, 0.6) is 0 Å². The van der Waals surface area contributed by atoms with E-state index in [1.54, 1.807) is 0 Å². The van der Waals surface area contributed by atoms with Crippen LogP contribution in [-0.4, -0.2) is 95.0 Å². The maximum atomic E-state index is 13.8. The number of rotatable bonds is 15. The minimum absolute atomic E-state index is 0.427. The van der Waals surface area contributed by atoms with Gasteiger partial charge in [-0.3, -0.25) is 0 Å². The van der Waals surface area contributed by atoms with Crippen molar-refractivity contribution in [3.8, 4) is 0 Å². The summed E-state index contributed by atoms with van der Waals surface area (Å²) in [5, 5.41) is 0. The van der Waals surface area contributed by atoms with Crippen LogP contribution in [0.3, 0.4) is 0 Å². The summed E-state index contributed by atoms with van der Waals surface area (Å²) >= 11 is 0. The van der Waals surface area contributed by atoms with E-state index < -0.39 is 108 Å². The Labute approximate surface area is 268 Å². The zero-order chi connectivity index (χ0) is 44.7. The normalized spacial score (nSPS) is 16.8. The summed E-state index contributed by atoms with van der Waals surface area (Å²) in [6.45, 7) is 3.57. The van der Waals surface area contributed by atoms with Crippen molar-refractivity contribution in [2.24, 2.45) is 0 Å². The van der Waals surface area contributed by atoms with Crippen molar-refractivity contribution < 1.29 is 145 Å². The molecule has 0 radical (unpaired) electrons. The highest BCUT2D eigenvalue weighted by Crippen LogP contribution is 2.70. The molecule has 0 amide bonds. The Bertz CT molecular complexity index is 1260. The lowest BCUT2D eigenvalue weighted by Gasteiger charge is -2.46. The van der Waals surface area contributed by atoms with Crippen LogP contribution in [0, 0.1) is 0 Å². The second kappa shape index (κ2) is 13.1. The Hall–Kier alpha value is -2.31. The van der Waals surface area contributed by atoms with E-state index in [2.05, 4.69) is 0 Å². The molecule has 0 nitrogen and oxygen atoms in total. The first-order chi connectivity index (χ1) is 22.3. The number of hydrogen-bond donors (Lipinski definition) is 0. The second-order valence-electron chi connectivity index (χ2n) is 9.60. The molecule has 0 aromatic heterocycles. The topological polar surface area (TPSA) is 0 Å². The molecule has 0 spiro atoms. The fourth-order valence-corrected chi connectivity index (χ4v) is 3.00. The minimum atomic E-state index is -10.2. The number of hydrogen-bond acceptors (Lipinski definition) is 0. The Morgan fingerprint density at radius 3 is 0.434 bits per heavy atom.